The SMILES string of the molecule is CCCCCCCCCCCCCCC/C=C/CC/C=C/CC/C=C/CCCC(O)C(O)C(CO)NC(=O)C(O)CCCCCCCCCCCCCCCCCCCCCCCC. The van der Waals surface area contributed by atoms with E-state index in [2.05, 4.69) is 55.6 Å². The lowest BCUT2D eigenvalue weighted by Crippen LogP contribution is -2.53. The molecule has 0 saturated carbocycles. The lowest BCUT2D eigenvalue weighted by atomic mass is 10.00. The number of carbonyl (C=O) groups excluding carboxylic acids is 1. The van der Waals surface area contributed by atoms with Gasteiger partial charge in [-0.05, 0) is 64.2 Å². The minimum Gasteiger partial charge on any atom is -0.394 e. The van der Waals surface area contributed by atoms with Gasteiger partial charge < -0.3 is 25.7 Å². The van der Waals surface area contributed by atoms with Crippen molar-refractivity contribution < 1.29 is 25.2 Å². The van der Waals surface area contributed by atoms with Crippen LogP contribution in [0.4, 0.5) is 0 Å². The first-order valence-electron chi connectivity index (χ1n) is 28.4. The van der Waals surface area contributed by atoms with Crippen LogP contribution in [0.1, 0.15) is 296 Å². The molecule has 378 valence electrons. The molecule has 0 aliphatic carbocycles. The van der Waals surface area contributed by atoms with Crippen LogP contribution in [0, 0.1) is 0 Å². The van der Waals surface area contributed by atoms with Crippen molar-refractivity contribution in [3.8, 4) is 0 Å². The van der Waals surface area contributed by atoms with Crippen LogP contribution >= 0.6 is 0 Å². The van der Waals surface area contributed by atoms with Crippen LogP contribution < -0.4 is 5.32 Å². The third kappa shape index (κ3) is 45.7. The molecule has 0 bridgehead atoms. The van der Waals surface area contributed by atoms with Gasteiger partial charge in [0.15, 0.2) is 0 Å². The lowest BCUT2D eigenvalue weighted by Gasteiger charge is -2.27. The molecule has 0 aromatic carbocycles. The van der Waals surface area contributed by atoms with Gasteiger partial charge in [-0.2, -0.15) is 0 Å². The number of rotatable bonds is 52. The minimum absolute atomic E-state index is 0.362. The summed E-state index contributed by atoms with van der Waals surface area (Å²) in [7, 11) is 0. The van der Waals surface area contributed by atoms with Crippen LogP contribution in [0.3, 0.4) is 0 Å². The Bertz CT molecular complexity index is 1010. The third-order valence-electron chi connectivity index (χ3n) is 13.3. The van der Waals surface area contributed by atoms with Crippen LogP contribution in [0.15, 0.2) is 36.5 Å². The molecule has 0 fully saturated rings. The number of unbranched alkanes of at least 4 members (excludes halogenated alkanes) is 37. The van der Waals surface area contributed by atoms with E-state index in [1.807, 2.05) is 0 Å². The van der Waals surface area contributed by atoms with E-state index in [0.29, 0.717) is 19.3 Å². The van der Waals surface area contributed by atoms with Gasteiger partial charge in [0, 0.05) is 0 Å². The number of amides is 1. The molecule has 0 aromatic rings. The quantitative estimate of drug-likeness (QED) is 0.0309. The van der Waals surface area contributed by atoms with E-state index in [1.54, 1.807) is 0 Å². The first-order valence-corrected chi connectivity index (χ1v) is 28.4. The molecule has 0 aliphatic heterocycles. The van der Waals surface area contributed by atoms with Gasteiger partial charge >= 0.3 is 0 Å². The standard InChI is InChI=1S/C58H111NO5/c1-3-5-7-9-11-13-15-17-19-21-23-25-27-28-29-30-32-33-35-37-39-41-43-45-47-49-51-55(61)57(63)54(53-60)59-58(64)56(62)52-50-48-46-44-42-40-38-36-34-31-26-24-22-20-18-16-14-12-10-8-6-4-2/h29-30,35,37,43,45,54-57,60-63H,3-28,31-34,36,38-42,44,46-53H2,1-2H3,(H,59,64)/b30-29+,37-35+,45-43+. The molecule has 0 heterocycles. The highest BCUT2D eigenvalue weighted by Crippen LogP contribution is 2.17. The van der Waals surface area contributed by atoms with Gasteiger partial charge in [0.05, 0.1) is 18.8 Å². The maximum Gasteiger partial charge on any atom is 0.249 e. The normalized spacial score (nSPS) is 14.0. The number of hydrogen-bond acceptors (Lipinski definition) is 5. The predicted molar refractivity (Wildman–Crippen MR) is 279 cm³/mol. The molecule has 4 unspecified atom stereocenters. The Morgan fingerprint density at radius 1 is 0.375 bits per heavy atom. The fourth-order valence-electron chi connectivity index (χ4n) is 8.85. The van der Waals surface area contributed by atoms with E-state index in [-0.39, 0.29) is 0 Å². The Labute approximate surface area is 398 Å². The van der Waals surface area contributed by atoms with Crippen molar-refractivity contribution in [1.29, 1.82) is 0 Å². The van der Waals surface area contributed by atoms with Gasteiger partial charge in [-0.3, -0.25) is 4.79 Å². The second-order valence-corrected chi connectivity index (χ2v) is 19.6. The van der Waals surface area contributed by atoms with Gasteiger partial charge in [-0.15, -0.1) is 0 Å². The minimum atomic E-state index is -1.29. The summed E-state index contributed by atoms with van der Waals surface area (Å²) in [5.74, 6) is -0.595. The summed E-state index contributed by atoms with van der Waals surface area (Å²) in [6.45, 7) is 4.07. The molecule has 5 N–H and O–H groups in total. The summed E-state index contributed by atoms with van der Waals surface area (Å²) in [4.78, 5) is 12.6. The lowest BCUT2D eigenvalue weighted by molar-refractivity contribution is -0.132. The fraction of sp³-hybridized carbons (Fsp3) is 0.879. The number of hydrogen-bond donors (Lipinski definition) is 5. The number of aliphatic hydroxyl groups is 4. The number of allylic oxidation sites excluding steroid dienone is 6. The molecular formula is C58H111NO5. The zero-order chi connectivity index (χ0) is 46.7. The molecule has 0 spiro atoms. The van der Waals surface area contributed by atoms with Crippen molar-refractivity contribution in [2.24, 2.45) is 0 Å². The van der Waals surface area contributed by atoms with Crippen molar-refractivity contribution in [1.82, 2.24) is 5.32 Å². The Balaban J connectivity index is 3.70. The Kier molecular flexibility index (Phi) is 51.3. The van der Waals surface area contributed by atoms with E-state index in [4.69, 9.17) is 0 Å². The van der Waals surface area contributed by atoms with E-state index < -0.39 is 36.9 Å². The Morgan fingerprint density at radius 2 is 0.656 bits per heavy atom. The van der Waals surface area contributed by atoms with Crippen LogP contribution in [-0.4, -0.2) is 57.3 Å². The molecule has 4 atom stereocenters. The molecule has 6 nitrogen and oxygen atoms in total. The van der Waals surface area contributed by atoms with Crippen molar-refractivity contribution in [3.05, 3.63) is 36.5 Å². The zero-order valence-electron chi connectivity index (χ0n) is 42.8. The number of carbonyl (C=O) groups is 1. The molecular weight excluding hydrogens is 791 g/mol. The Morgan fingerprint density at radius 3 is 0.984 bits per heavy atom. The van der Waals surface area contributed by atoms with Gasteiger partial charge in [-0.1, -0.05) is 269 Å². The summed E-state index contributed by atoms with van der Waals surface area (Å²) in [5.41, 5.74) is 0. The zero-order valence-corrected chi connectivity index (χ0v) is 42.8. The number of aliphatic hydroxyl groups excluding tert-OH is 4. The van der Waals surface area contributed by atoms with Crippen LogP contribution in [0.5, 0.6) is 0 Å². The number of nitrogens with one attached hydrogen (secondary N) is 1. The topological polar surface area (TPSA) is 110 Å². The average Bonchev–Trinajstić information content (AvgIpc) is 3.30. The highest BCUT2D eigenvalue weighted by molar-refractivity contribution is 5.80. The van der Waals surface area contributed by atoms with E-state index in [9.17, 15) is 25.2 Å². The fourth-order valence-corrected chi connectivity index (χ4v) is 8.85. The molecule has 0 radical (unpaired) electrons. The Hall–Kier alpha value is -1.47. The molecule has 1 amide bonds. The van der Waals surface area contributed by atoms with Crippen LogP contribution in [-0.2, 0) is 4.79 Å². The van der Waals surface area contributed by atoms with Gasteiger partial charge in [0.1, 0.15) is 12.2 Å². The maximum atomic E-state index is 12.6. The van der Waals surface area contributed by atoms with E-state index in [0.717, 1.165) is 51.4 Å². The highest BCUT2D eigenvalue weighted by Gasteiger charge is 2.28. The summed E-state index contributed by atoms with van der Waals surface area (Å²) in [6.07, 6.45) is 65.0. The predicted octanol–water partition coefficient (Wildman–Crippen LogP) is 16.4. The third-order valence-corrected chi connectivity index (χ3v) is 13.3. The molecule has 0 aliphatic rings. The monoisotopic (exact) mass is 902 g/mol. The van der Waals surface area contributed by atoms with Gasteiger partial charge in [0.2, 0.25) is 5.91 Å². The highest BCUT2D eigenvalue weighted by atomic mass is 16.3. The summed E-state index contributed by atoms with van der Waals surface area (Å²) < 4.78 is 0. The molecule has 0 rings (SSSR count). The van der Waals surface area contributed by atoms with Crippen LogP contribution in [0.25, 0.3) is 0 Å². The second-order valence-electron chi connectivity index (χ2n) is 19.6. The summed E-state index contributed by atoms with van der Waals surface area (Å²) in [5, 5.41) is 43.9. The first-order chi connectivity index (χ1) is 31.5. The van der Waals surface area contributed by atoms with E-state index in [1.165, 1.54) is 212 Å². The smallest absolute Gasteiger partial charge is 0.249 e. The largest absolute Gasteiger partial charge is 0.394 e. The van der Waals surface area contributed by atoms with Gasteiger partial charge in [-0.25, -0.2) is 0 Å². The molecule has 6 heteroatoms. The molecule has 64 heavy (non-hydrogen) atoms. The average molecular weight is 903 g/mol. The van der Waals surface area contributed by atoms with Crippen molar-refractivity contribution >= 4 is 5.91 Å². The summed E-state index contributed by atoms with van der Waals surface area (Å²) in [6, 6.07) is -1.01. The van der Waals surface area contributed by atoms with Crippen molar-refractivity contribution in [2.45, 2.75) is 321 Å². The first kappa shape index (κ1) is 62.5. The maximum absolute atomic E-state index is 12.6. The van der Waals surface area contributed by atoms with Crippen LogP contribution in [0.2, 0.25) is 0 Å². The summed E-state index contributed by atoms with van der Waals surface area (Å²) >= 11 is 0. The molecule has 0 aromatic heterocycles. The van der Waals surface area contributed by atoms with Gasteiger partial charge in [0.25, 0.3) is 0 Å². The second kappa shape index (κ2) is 52.5. The molecule has 0 saturated heterocycles. The van der Waals surface area contributed by atoms with Crippen molar-refractivity contribution in [3.63, 3.8) is 0 Å². The van der Waals surface area contributed by atoms with E-state index >= 15 is 0 Å². The van der Waals surface area contributed by atoms with Crippen molar-refractivity contribution in [2.75, 3.05) is 6.61 Å².